The minimum absolute atomic E-state index is 0.0244. The zero-order valence-corrected chi connectivity index (χ0v) is 18.1. The molecule has 3 saturated heterocycles. The van der Waals surface area contributed by atoms with Crippen LogP contribution in [0.3, 0.4) is 0 Å². The van der Waals surface area contributed by atoms with Crippen LogP contribution in [0.1, 0.15) is 47.0 Å². The third-order valence-electron chi connectivity index (χ3n) is 9.63. The van der Waals surface area contributed by atoms with Gasteiger partial charge in [-0.15, -0.1) is 0 Å². The Morgan fingerprint density at radius 2 is 1.97 bits per heavy atom. The fourth-order valence-corrected chi connectivity index (χ4v) is 8.44. The zero-order chi connectivity index (χ0) is 21.5. The summed E-state index contributed by atoms with van der Waals surface area (Å²) in [5.41, 5.74) is -1.93. The number of hydrogen-bond donors (Lipinski definition) is 1. The number of fused-ring (bicyclic) bond motifs is 1. The third kappa shape index (κ3) is 1.63. The highest BCUT2D eigenvalue weighted by Crippen LogP contribution is 2.78. The van der Waals surface area contributed by atoms with Crippen molar-refractivity contribution in [1.29, 1.82) is 0 Å². The average molecular weight is 414 g/mol. The summed E-state index contributed by atoms with van der Waals surface area (Å²) in [5, 5.41) is 12.0. The molecule has 0 aromatic carbocycles. The number of carbonyl (C=O) groups excluding carboxylic acids is 2. The summed E-state index contributed by atoms with van der Waals surface area (Å²) in [6.07, 6.45) is 4.24. The van der Waals surface area contributed by atoms with Crippen molar-refractivity contribution in [1.82, 2.24) is 0 Å². The van der Waals surface area contributed by atoms with Crippen LogP contribution in [0, 0.1) is 34.0 Å². The lowest BCUT2D eigenvalue weighted by atomic mass is 9.36. The van der Waals surface area contributed by atoms with E-state index in [1.165, 1.54) is 0 Å². The molecule has 7 aliphatic rings. The molecule has 9 atom stereocenters. The molecular weight excluding hydrogens is 384 g/mol. The van der Waals surface area contributed by atoms with Gasteiger partial charge in [-0.1, -0.05) is 26.5 Å². The number of ketones is 2. The monoisotopic (exact) mass is 414 g/mol. The lowest BCUT2D eigenvalue weighted by Gasteiger charge is -2.76. The summed E-state index contributed by atoms with van der Waals surface area (Å²) in [7, 11) is 0. The lowest BCUT2D eigenvalue weighted by Crippen LogP contribution is -2.87. The Morgan fingerprint density at radius 3 is 2.67 bits per heavy atom. The van der Waals surface area contributed by atoms with Gasteiger partial charge in [-0.2, -0.15) is 0 Å². The summed E-state index contributed by atoms with van der Waals surface area (Å²) in [4.78, 5) is 27.0. The first-order chi connectivity index (χ1) is 14.0. The molecule has 4 aliphatic carbocycles. The molecule has 3 heterocycles. The van der Waals surface area contributed by atoms with Gasteiger partial charge in [0.2, 0.25) is 5.79 Å². The standard InChI is InChI=1S/C24H30O6/c1-6-21(5)15(25)9-10-22-11-28-24(18(27)16(21)22)23-14(22)8-7-13(12(2)17(23)26)19(23)29-20(3,4)30-24/h9-10,13-14,16,18-19,27H,2,6-8,11H2,1,3-5H3/t13-,14-,16+,18-,19+,21+,22+,23-,24?/m0/s1. The number of carbonyl (C=O) groups is 2. The van der Waals surface area contributed by atoms with Gasteiger partial charge in [0.15, 0.2) is 17.4 Å². The van der Waals surface area contributed by atoms with Gasteiger partial charge in [0.1, 0.15) is 11.5 Å². The molecule has 4 bridgehead atoms. The van der Waals surface area contributed by atoms with Crippen molar-refractivity contribution in [3.05, 3.63) is 24.3 Å². The fraction of sp³-hybridized carbons (Fsp3) is 0.750. The highest BCUT2D eigenvalue weighted by atomic mass is 16.8. The van der Waals surface area contributed by atoms with Crippen LogP contribution in [-0.4, -0.2) is 47.1 Å². The number of rotatable bonds is 1. The van der Waals surface area contributed by atoms with E-state index in [0.29, 0.717) is 18.6 Å². The molecule has 0 amide bonds. The molecule has 3 spiro atoms. The van der Waals surface area contributed by atoms with Crippen LogP contribution in [0.25, 0.3) is 0 Å². The lowest BCUT2D eigenvalue weighted by molar-refractivity contribution is -0.522. The minimum Gasteiger partial charge on any atom is -0.387 e. The van der Waals surface area contributed by atoms with E-state index in [9.17, 15) is 14.7 Å². The predicted molar refractivity (Wildman–Crippen MR) is 106 cm³/mol. The molecule has 3 aliphatic heterocycles. The molecule has 162 valence electrons. The second-order valence-electron chi connectivity index (χ2n) is 11.0. The van der Waals surface area contributed by atoms with Crippen molar-refractivity contribution in [2.45, 2.75) is 70.7 Å². The van der Waals surface area contributed by atoms with Crippen molar-refractivity contribution in [2.24, 2.45) is 34.0 Å². The molecule has 1 unspecified atom stereocenters. The SMILES string of the molecule is C=C1C(=O)[C@@]23[C@@H]4OC(C)(C)OC25OC[C@]2(C=CC(=O)[C@@](C)(CC)[C@H]2[C@@H]5O)[C@@H]3CC[C@@H]14. The smallest absolute Gasteiger partial charge is 0.213 e. The van der Waals surface area contributed by atoms with E-state index in [1.54, 1.807) is 6.08 Å². The number of allylic oxidation sites excluding steroid dienone is 1. The predicted octanol–water partition coefficient (Wildman–Crippen LogP) is 2.55. The molecule has 0 radical (unpaired) electrons. The quantitative estimate of drug-likeness (QED) is 0.664. The first kappa shape index (κ1) is 19.4. The van der Waals surface area contributed by atoms with Crippen molar-refractivity contribution < 1.29 is 28.9 Å². The number of Topliss-reactive ketones (excluding diaryl/α,β-unsaturated/α-hetero) is 1. The highest BCUT2D eigenvalue weighted by Gasteiger charge is 2.89. The summed E-state index contributed by atoms with van der Waals surface area (Å²) in [6, 6.07) is 0. The molecule has 0 aromatic rings. The molecule has 6 heteroatoms. The molecule has 1 N–H and O–H groups in total. The zero-order valence-electron chi connectivity index (χ0n) is 18.1. The molecule has 6 fully saturated rings. The Hall–Kier alpha value is -1.34. The number of ether oxygens (including phenoxy) is 3. The van der Waals surface area contributed by atoms with Gasteiger partial charge in [0, 0.05) is 22.7 Å². The van der Waals surface area contributed by atoms with E-state index >= 15 is 0 Å². The van der Waals surface area contributed by atoms with Gasteiger partial charge in [-0.05, 0) is 50.7 Å². The van der Waals surface area contributed by atoms with Crippen molar-refractivity contribution in [3.63, 3.8) is 0 Å². The normalized spacial score (nSPS) is 57.4. The number of hydrogen-bond acceptors (Lipinski definition) is 6. The Kier molecular flexibility index (Phi) is 3.34. The van der Waals surface area contributed by atoms with E-state index in [4.69, 9.17) is 14.2 Å². The first-order valence-corrected chi connectivity index (χ1v) is 11.2. The van der Waals surface area contributed by atoms with Gasteiger partial charge in [0.05, 0.1) is 12.7 Å². The summed E-state index contributed by atoms with van der Waals surface area (Å²) in [5.74, 6) is -3.24. The summed E-state index contributed by atoms with van der Waals surface area (Å²) < 4.78 is 19.3. The third-order valence-corrected chi connectivity index (χ3v) is 9.63. The second kappa shape index (κ2) is 5.17. The molecule has 30 heavy (non-hydrogen) atoms. The molecule has 7 rings (SSSR count). The minimum atomic E-state index is -1.53. The first-order valence-electron chi connectivity index (χ1n) is 11.2. The van der Waals surface area contributed by atoms with E-state index < -0.39 is 40.0 Å². The van der Waals surface area contributed by atoms with Crippen LogP contribution in [0.4, 0.5) is 0 Å². The largest absolute Gasteiger partial charge is 0.387 e. The average Bonchev–Trinajstić information content (AvgIpc) is 2.81. The molecule has 0 aromatic heterocycles. The van der Waals surface area contributed by atoms with E-state index in [-0.39, 0.29) is 29.3 Å². The van der Waals surface area contributed by atoms with Gasteiger partial charge < -0.3 is 19.3 Å². The van der Waals surface area contributed by atoms with Crippen molar-refractivity contribution in [3.8, 4) is 0 Å². The van der Waals surface area contributed by atoms with Gasteiger partial charge in [-0.25, -0.2) is 0 Å². The van der Waals surface area contributed by atoms with Crippen LogP contribution in [0.15, 0.2) is 24.3 Å². The second-order valence-corrected chi connectivity index (χ2v) is 11.0. The molecule has 3 saturated carbocycles. The number of aliphatic hydroxyl groups is 1. The van der Waals surface area contributed by atoms with Crippen LogP contribution in [0.2, 0.25) is 0 Å². The van der Waals surface area contributed by atoms with Crippen molar-refractivity contribution >= 4 is 11.6 Å². The summed E-state index contributed by atoms with van der Waals surface area (Å²) in [6.45, 7) is 12.0. The highest BCUT2D eigenvalue weighted by molar-refractivity contribution is 6.05. The van der Waals surface area contributed by atoms with Crippen LogP contribution >= 0.6 is 0 Å². The Balaban J connectivity index is 1.69. The van der Waals surface area contributed by atoms with E-state index in [1.807, 2.05) is 33.8 Å². The Morgan fingerprint density at radius 1 is 1.23 bits per heavy atom. The van der Waals surface area contributed by atoms with Gasteiger partial charge in [-0.3, -0.25) is 9.59 Å². The van der Waals surface area contributed by atoms with Gasteiger partial charge in [0.25, 0.3) is 0 Å². The maximum atomic E-state index is 13.9. The molecule has 6 nitrogen and oxygen atoms in total. The molecular formula is C24H30O6. The van der Waals surface area contributed by atoms with Crippen LogP contribution < -0.4 is 0 Å². The van der Waals surface area contributed by atoms with E-state index in [2.05, 4.69) is 6.58 Å². The Bertz CT molecular complexity index is 936. The maximum absolute atomic E-state index is 13.9. The van der Waals surface area contributed by atoms with Crippen LogP contribution in [-0.2, 0) is 23.8 Å². The fourth-order valence-electron chi connectivity index (χ4n) is 8.44. The topological polar surface area (TPSA) is 82.1 Å². The van der Waals surface area contributed by atoms with Crippen LogP contribution in [0.5, 0.6) is 0 Å². The van der Waals surface area contributed by atoms with Gasteiger partial charge >= 0.3 is 0 Å². The summed E-state index contributed by atoms with van der Waals surface area (Å²) >= 11 is 0. The number of aliphatic hydroxyl groups excluding tert-OH is 1. The van der Waals surface area contributed by atoms with Crippen molar-refractivity contribution in [2.75, 3.05) is 6.61 Å². The van der Waals surface area contributed by atoms with E-state index in [0.717, 1.165) is 12.8 Å². The maximum Gasteiger partial charge on any atom is 0.213 e. The Labute approximate surface area is 176 Å².